The van der Waals surface area contributed by atoms with Gasteiger partial charge in [-0.15, -0.1) is 0 Å². The maximum absolute atomic E-state index is 9.86. The summed E-state index contributed by atoms with van der Waals surface area (Å²) in [6, 6.07) is 0. The van der Waals surface area contributed by atoms with Gasteiger partial charge < -0.3 is 5.11 Å². The highest BCUT2D eigenvalue weighted by atomic mass is 16.2. The Morgan fingerprint density at radius 1 is 1.75 bits per heavy atom. The Morgan fingerprint density at radius 2 is 2.38 bits per heavy atom. The predicted molar refractivity (Wildman–Crippen MR) is 31.5 cm³/mol. The number of carbonyl (C=O) groups excluding carboxylic acids is 1. The summed E-state index contributed by atoms with van der Waals surface area (Å²) in [5, 5.41) is 8.25. The molecule has 0 rings (SSSR count). The van der Waals surface area contributed by atoms with Crippen LogP contribution in [-0.2, 0) is 4.79 Å². The van der Waals surface area contributed by atoms with E-state index in [9.17, 15) is 4.79 Å². The third-order valence-electron chi connectivity index (χ3n) is 0.781. The number of aliphatic hydroxyl groups excluding tert-OH is 1. The van der Waals surface area contributed by atoms with E-state index in [0.717, 1.165) is 6.29 Å². The Hall–Kier alpha value is -0.630. The van der Waals surface area contributed by atoms with Gasteiger partial charge in [0, 0.05) is 6.61 Å². The minimum atomic E-state index is 0.116. The van der Waals surface area contributed by atoms with Crippen LogP contribution in [0.1, 0.15) is 13.3 Å². The summed E-state index contributed by atoms with van der Waals surface area (Å²) in [4.78, 5) is 9.86. The lowest BCUT2D eigenvalue weighted by atomic mass is 10.3. The van der Waals surface area contributed by atoms with Crippen LogP contribution in [0.5, 0.6) is 0 Å². The highest BCUT2D eigenvalue weighted by molar-refractivity contribution is 5.71. The Bertz CT molecular complexity index is 94.7. The number of allylic oxidation sites excluding steroid dienone is 1. The molecular formula is C6H10O2. The lowest BCUT2D eigenvalue weighted by Crippen LogP contribution is -1.80. The van der Waals surface area contributed by atoms with Gasteiger partial charge in [0.1, 0.15) is 6.29 Å². The largest absolute Gasteiger partial charge is 0.396 e. The van der Waals surface area contributed by atoms with Crippen LogP contribution in [0.4, 0.5) is 0 Å². The molecule has 0 heterocycles. The van der Waals surface area contributed by atoms with E-state index >= 15 is 0 Å². The zero-order valence-corrected chi connectivity index (χ0v) is 4.92. The van der Waals surface area contributed by atoms with Crippen molar-refractivity contribution in [2.24, 2.45) is 0 Å². The van der Waals surface area contributed by atoms with Crippen LogP contribution in [0.2, 0.25) is 0 Å². The second kappa shape index (κ2) is 4.53. The Kier molecular flexibility index (Phi) is 4.17. The second-order valence-corrected chi connectivity index (χ2v) is 1.58. The van der Waals surface area contributed by atoms with Crippen LogP contribution in [-0.4, -0.2) is 18.0 Å². The van der Waals surface area contributed by atoms with Gasteiger partial charge >= 0.3 is 0 Å². The number of aldehydes is 1. The van der Waals surface area contributed by atoms with Crippen molar-refractivity contribution in [1.29, 1.82) is 0 Å². The van der Waals surface area contributed by atoms with E-state index in [1.165, 1.54) is 0 Å². The molecule has 0 radical (unpaired) electrons. The molecule has 0 spiro atoms. The monoisotopic (exact) mass is 114 g/mol. The molecule has 0 aliphatic carbocycles. The number of aliphatic hydroxyl groups is 1. The van der Waals surface area contributed by atoms with Crippen LogP contribution in [0.3, 0.4) is 0 Å². The van der Waals surface area contributed by atoms with Gasteiger partial charge in [0.25, 0.3) is 0 Å². The number of carbonyl (C=O) groups is 1. The SMILES string of the molecule is C/C(C=O)=C\CCO. The molecule has 0 bridgehead atoms. The quantitative estimate of drug-likeness (QED) is 0.429. The van der Waals surface area contributed by atoms with Crippen LogP contribution in [0, 0.1) is 0 Å². The smallest absolute Gasteiger partial charge is 0.145 e. The number of hydrogen-bond donors (Lipinski definition) is 1. The highest BCUT2D eigenvalue weighted by Crippen LogP contribution is 1.88. The highest BCUT2D eigenvalue weighted by Gasteiger charge is 1.80. The molecule has 0 fully saturated rings. The molecule has 0 aromatic rings. The molecule has 2 heteroatoms. The van der Waals surface area contributed by atoms with E-state index in [4.69, 9.17) is 5.11 Å². The van der Waals surface area contributed by atoms with E-state index in [-0.39, 0.29) is 6.61 Å². The molecule has 0 amide bonds. The van der Waals surface area contributed by atoms with Crippen molar-refractivity contribution < 1.29 is 9.90 Å². The molecule has 2 nitrogen and oxygen atoms in total. The fraction of sp³-hybridized carbons (Fsp3) is 0.500. The van der Waals surface area contributed by atoms with E-state index in [1.54, 1.807) is 13.0 Å². The van der Waals surface area contributed by atoms with Gasteiger partial charge in [-0.25, -0.2) is 0 Å². The first-order chi connectivity index (χ1) is 3.81. The molecule has 46 valence electrons. The van der Waals surface area contributed by atoms with E-state index in [1.807, 2.05) is 0 Å². The molecule has 0 atom stereocenters. The van der Waals surface area contributed by atoms with Crippen molar-refractivity contribution in [3.8, 4) is 0 Å². The molecule has 1 N–H and O–H groups in total. The van der Waals surface area contributed by atoms with E-state index < -0.39 is 0 Å². The zero-order valence-electron chi connectivity index (χ0n) is 4.92. The average molecular weight is 114 g/mol. The van der Waals surface area contributed by atoms with Gasteiger partial charge in [-0.3, -0.25) is 4.79 Å². The third kappa shape index (κ3) is 3.56. The molecule has 0 aliphatic rings. The molecule has 0 saturated heterocycles. The molecule has 0 aliphatic heterocycles. The van der Waals surface area contributed by atoms with Crippen molar-refractivity contribution >= 4 is 6.29 Å². The van der Waals surface area contributed by atoms with Gasteiger partial charge in [-0.2, -0.15) is 0 Å². The summed E-state index contributed by atoms with van der Waals surface area (Å²) in [6.45, 7) is 1.83. The van der Waals surface area contributed by atoms with Crippen molar-refractivity contribution in [2.45, 2.75) is 13.3 Å². The van der Waals surface area contributed by atoms with E-state index in [0.29, 0.717) is 12.0 Å². The number of hydrogen-bond acceptors (Lipinski definition) is 2. The summed E-state index contributed by atoms with van der Waals surface area (Å²) in [6.07, 6.45) is 3.05. The fourth-order valence-corrected chi connectivity index (χ4v) is 0.340. The Balaban J connectivity index is 3.40. The maximum Gasteiger partial charge on any atom is 0.145 e. The molecule has 0 saturated carbocycles. The van der Waals surface area contributed by atoms with Crippen molar-refractivity contribution in [3.05, 3.63) is 11.6 Å². The summed E-state index contributed by atoms with van der Waals surface area (Å²) >= 11 is 0. The Labute approximate surface area is 48.8 Å². The fourth-order valence-electron chi connectivity index (χ4n) is 0.340. The lowest BCUT2D eigenvalue weighted by molar-refractivity contribution is -0.104. The third-order valence-corrected chi connectivity index (χ3v) is 0.781. The van der Waals surface area contributed by atoms with Crippen LogP contribution >= 0.6 is 0 Å². The first kappa shape index (κ1) is 7.37. The summed E-state index contributed by atoms with van der Waals surface area (Å²) < 4.78 is 0. The number of rotatable bonds is 3. The molecule has 8 heavy (non-hydrogen) atoms. The standard InChI is InChI=1S/C6H10O2/c1-6(5-8)3-2-4-7/h3,5,7H,2,4H2,1H3/b6-3+. The van der Waals surface area contributed by atoms with Crippen molar-refractivity contribution in [3.63, 3.8) is 0 Å². The van der Waals surface area contributed by atoms with Crippen LogP contribution in [0.25, 0.3) is 0 Å². The lowest BCUT2D eigenvalue weighted by Gasteiger charge is -1.84. The van der Waals surface area contributed by atoms with Gasteiger partial charge in [0.2, 0.25) is 0 Å². The Morgan fingerprint density at radius 3 is 2.75 bits per heavy atom. The van der Waals surface area contributed by atoms with E-state index in [2.05, 4.69) is 0 Å². The van der Waals surface area contributed by atoms with Crippen molar-refractivity contribution in [2.75, 3.05) is 6.61 Å². The topological polar surface area (TPSA) is 37.3 Å². The molecule has 0 aromatic heterocycles. The molecular weight excluding hydrogens is 104 g/mol. The average Bonchev–Trinajstić information content (AvgIpc) is 1.83. The molecule has 0 aromatic carbocycles. The normalized spacial score (nSPS) is 11.5. The molecule has 0 unspecified atom stereocenters. The second-order valence-electron chi connectivity index (χ2n) is 1.58. The summed E-state index contributed by atoms with van der Waals surface area (Å²) in [7, 11) is 0. The maximum atomic E-state index is 9.86. The van der Waals surface area contributed by atoms with Crippen LogP contribution < -0.4 is 0 Å². The predicted octanol–water partition coefficient (Wildman–Crippen LogP) is 0.514. The minimum absolute atomic E-state index is 0.116. The minimum Gasteiger partial charge on any atom is -0.396 e. The first-order valence-corrected chi connectivity index (χ1v) is 2.54. The van der Waals surface area contributed by atoms with Gasteiger partial charge in [-0.05, 0) is 18.9 Å². The zero-order chi connectivity index (χ0) is 6.41. The van der Waals surface area contributed by atoms with Gasteiger partial charge in [0.05, 0.1) is 0 Å². The first-order valence-electron chi connectivity index (χ1n) is 2.54. The van der Waals surface area contributed by atoms with Crippen LogP contribution in [0.15, 0.2) is 11.6 Å². The summed E-state index contributed by atoms with van der Waals surface area (Å²) in [5.74, 6) is 0. The van der Waals surface area contributed by atoms with Crippen molar-refractivity contribution in [1.82, 2.24) is 0 Å². The van der Waals surface area contributed by atoms with Gasteiger partial charge in [0.15, 0.2) is 0 Å². The summed E-state index contributed by atoms with van der Waals surface area (Å²) in [5.41, 5.74) is 0.680. The van der Waals surface area contributed by atoms with Gasteiger partial charge in [-0.1, -0.05) is 6.08 Å².